The first kappa shape index (κ1) is 25.2. The van der Waals surface area contributed by atoms with Crippen LogP contribution in [0.4, 0.5) is 8.78 Å². The molecule has 0 unspecified atom stereocenters. The molecule has 0 saturated carbocycles. The van der Waals surface area contributed by atoms with Gasteiger partial charge in [-0.1, -0.05) is 32.9 Å². The lowest BCUT2D eigenvalue weighted by atomic mass is 9.76. The molecule has 3 atom stereocenters. The predicted octanol–water partition coefficient (Wildman–Crippen LogP) is 4.68. The van der Waals surface area contributed by atoms with Crippen LogP contribution in [0.5, 0.6) is 0 Å². The summed E-state index contributed by atoms with van der Waals surface area (Å²) in [5, 5.41) is 0.129. The number of nitrogens with zero attached hydrogens (tertiary/aromatic N) is 3. The van der Waals surface area contributed by atoms with Crippen molar-refractivity contribution >= 4 is 39.5 Å². The molecule has 202 valence electrons. The molecule has 4 aromatic rings. The number of nitrogens with one attached hydrogen (secondary N) is 2. The average Bonchev–Trinajstić information content (AvgIpc) is 3.67. The number of amides is 2. The zero-order valence-electron chi connectivity index (χ0n) is 21.9. The molecule has 2 fully saturated rings. The molecule has 2 aliphatic heterocycles. The zero-order valence-corrected chi connectivity index (χ0v) is 21.9. The van der Waals surface area contributed by atoms with Gasteiger partial charge in [0.05, 0.1) is 40.2 Å². The number of piperazine rings is 1. The normalized spacial score (nSPS) is 19.8. The molecule has 6 rings (SSSR count). The van der Waals surface area contributed by atoms with E-state index in [0.717, 1.165) is 23.2 Å². The van der Waals surface area contributed by atoms with Gasteiger partial charge in [-0.3, -0.25) is 14.4 Å². The van der Waals surface area contributed by atoms with Crippen LogP contribution < -0.4 is 0 Å². The third kappa shape index (κ3) is 4.37. The Bertz CT molecular complexity index is 1600. The van der Waals surface area contributed by atoms with Crippen molar-refractivity contribution in [3.05, 3.63) is 65.6 Å². The van der Waals surface area contributed by atoms with E-state index in [9.17, 15) is 23.2 Å². The van der Waals surface area contributed by atoms with Crippen molar-refractivity contribution < 1.29 is 23.2 Å². The second kappa shape index (κ2) is 9.00. The quantitative estimate of drug-likeness (QED) is 0.364. The Kier molecular flexibility index (Phi) is 5.82. The van der Waals surface area contributed by atoms with E-state index in [-0.39, 0.29) is 58.5 Å². The van der Waals surface area contributed by atoms with Gasteiger partial charge in [0.2, 0.25) is 5.91 Å². The summed E-state index contributed by atoms with van der Waals surface area (Å²) in [4.78, 5) is 54.2. The topological polar surface area (TPSA) is 102 Å². The van der Waals surface area contributed by atoms with Gasteiger partial charge in [-0.05, 0) is 36.1 Å². The van der Waals surface area contributed by atoms with Gasteiger partial charge in [-0.15, -0.1) is 0 Å². The molecule has 0 radical (unpaired) electrons. The van der Waals surface area contributed by atoms with Crippen molar-refractivity contribution in [1.82, 2.24) is 24.8 Å². The van der Waals surface area contributed by atoms with Crippen molar-refractivity contribution in [2.24, 2.45) is 11.3 Å². The van der Waals surface area contributed by atoms with Gasteiger partial charge in [0.25, 0.3) is 5.91 Å². The predicted molar refractivity (Wildman–Crippen MR) is 141 cm³/mol. The molecule has 2 saturated heterocycles. The van der Waals surface area contributed by atoms with Crippen LogP contribution in [0, 0.1) is 23.0 Å². The number of aromatic amines is 2. The number of hydrogen-bond acceptors (Lipinski definition) is 4. The fraction of sp³-hybridized carbons (Fsp3) is 0.379. The first-order chi connectivity index (χ1) is 18.5. The molecular weight excluding hydrogens is 504 g/mol. The number of likely N-dealkylation sites (tertiary alicyclic amines) is 2. The van der Waals surface area contributed by atoms with Crippen molar-refractivity contribution in [1.29, 1.82) is 0 Å². The second-order valence-electron chi connectivity index (χ2n) is 11.7. The Morgan fingerprint density at radius 2 is 1.72 bits per heavy atom. The third-order valence-corrected chi connectivity index (χ3v) is 8.06. The van der Waals surface area contributed by atoms with Crippen LogP contribution in [0.3, 0.4) is 0 Å². The molecule has 0 aliphatic carbocycles. The number of fused-ring (bicyclic) bond motifs is 4. The first-order valence-electron chi connectivity index (χ1n) is 13.1. The van der Waals surface area contributed by atoms with E-state index in [2.05, 4.69) is 15.0 Å². The molecule has 2 aromatic carbocycles. The van der Waals surface area contributed by atoms with E-state index in [1.807, 2.05) is 45.0 Å². The van der Waals surface area contributed by atoms with E-state index >= 15 is 0 Å². The van der Waals surface area contributed by atoms with E-state index < -0.39 is 23.0 Å². The summed E-state index contributed by atoms with van der Waals surface area (Å²) in [7, 11) is 0. The molecule has 2 bridgehead atoms. The minimum absolute atomic E-state index is 0.0746. The summed E-state index contributed by atoms with van der Waals surface area (Å²) in [6.07, 6.45) is 0.601. The summed E-state index contributed by atoms with van der Waals surface area (Å²) in [6, 6.07) is 10.5. The molecule has 2 amide bonds. The number of Topliss-reactive ketones (excluding diaryl/α,β-unsaturated/α-hetero) is 1. The first-order valence-corrected chi connectivity index (χ1v) is 13.1. The lowest BCUT2D eigenvalue weighted by Crippen LogP contribution is -2.53. The van der Waals surface area contributed by atoms with Crippen LogP contribution in [-0.2, 0) is 4.79 Å². The summed E-state index contributed by atoms with van der Waals surface area (Å²) < 4.78 is 27.8. The van der Waals surface area contributed by atoms with Crippen molar-refractivity contribution in [2.45, 2.75) is 45.7 Å². The smallest absolute Gasteiger partial charge is 0.290 e. The van der Waals surface area contributed by atoms with Gasteiger partial charge in [-0.25, -0.2) is 13.8 Å². The number of imidazole rings is 1. The maximum atomic E-state index is 14.2. The van der Waals surface area contributed by atoms with Gasteiger partial charge >= 0.3 is 0 Å². The summed E-state index contributed by atoms with van der Waals surface area (Å²) in [6.45, 7) is 6.54. The maximum absolute atomic E-state index is 14.2. The molecule has 39 heavy (non-hydrogen) atoms. The number of hydrogen-bond donors (Lipinski definition) is 2. The highest BCUT2D eigenvalue weighted by molar-refractivity contribution is 6.01. The Hall–Kier alpha value is -4.08. The Balaban J connectivity index is 1.17. The SMILES string of the molecule is CC(C)(C)[C@H](CC(=O)c1cc2c(F)cc(F)cc2[nH]1)C(=O)N1C[C@@H]2C[C@H]1CN2C(=O)c1nc2ccccc2[nH]1. The van der Waals surface area contributed by atoms with Crippen molar-refractivity contribution in [3.63, 3.8) is 0 Å². The highest BCUT2D eigenvalue weighted by Gasteiger charge is 2.50. The van der Waals surface area contributed by atoms with Crippen LogP contribution in [0.25, 0.3) is 21.9 Å². The Morgan fingerprint density at radius 3 is 2.41 bits per heavy atom. The minimum atomic E-state index is -0.751. The number of aromatic nitrogens is 3. The molecule has 4 heterocycles. The molecule has 8 nitrogen and oxygen atoms in total. The van der Waals surface area contributed by atoms with Crippen LogP contribution in [0.2, 0.25) is 0 Å². The lowest BCUT2D eigenvalue weighted by molar-refractivity contribution is -0.141. The molecular formula is C29H29F2N5O3. The van der Waals surface area contributed by atoms with E-state index in [0.29, 0.717) is 19.5 Å². The van der Waals surface area contributed by atoms with Gasteiger partial charge in [0.15, 0.2) is 11.6 Å². The number of halogens is 2. The number of para-hydroxylation sites is 2. The summed E-state index contributed by atoms with van der Waals surface area (Å²) in [5.74, 6) is -2.49. The van der Waals surface area contributed by atoms with E-state index in [1.54, 1.807) is 9.80 Å². The average molecular weight is 534 g/mol. The number of benzene rings is 2. The van der Waals surface area contributed by atoms with Gasteiger partial charge in [0.1, 0.15) is 11.6 Å². The van der Waals surface area contributed by atoms with E-state index in [1.165, 1.54) is 6.07 Å². The highest BCUT2D eigenvalue weighted by Crippen LogP contribution is 2.38. The van der Waals surface area contributed by atoms with Gasteiger partial charge in [0, 0.05) is 31.0 Å². The summed E-state index contributed by atoms with van der Waals surface area (Å²) >= 11 is 0. The van der Waals surface area contributed by atoms with Crippen LogP contribution in [-0.4, -0.2) is 67.5 Å². The molecule has 2 N–H and O–H groups in total. The minimum Gasteiger partial charge on any atom is -0.352 e. The van der Waals surface area contributed by atoms with Gasteiger partial charge < -0.3 is 19.8 Å². The summed E-state index contributed by atoms with van der Waals surface area (Å²) in [5.41, 5.74) is 1.33. The number of carbonyl (C=O) groups is 3. The van der Waals surface area contributed by atoms with Crippen molar-refractivity contribution in [2.75, 3.05) is 13.1 Å². The van der Waals surface area contributed by atoms with Crippen molar-refractivity contribution in [3.8, 4) is 0 Å². The number of ketones is 1. The second-order valence-corrected chi connectivity index (χ2v) is 11.7. The molecule has 10 heteroatoms. The van der Waals surface area contributed by atoms with Crippen LogP contribution >= 0.6 is 0 Å². The fourth-order valence-electron chi connectivity index (χ4n) is 5.95. The Morgan fingerprint density at radius 1 is 1.00 bits per heavy atom. The monoisotopic (exact) mass is 533 g/mol. The number of H-pyrrole nitrogens is 2. The number of rotatable bonds is 5. The van der Waals surface area contributed by atoms with Crippen LogP contribution in [0.1, 0.15) is 54.7 Å². The van der Waals surface area contributed by atoms with Gasteiger partial charge in [-0.2, -0.15) is 0 Å². The number of carbonyl (C=O) groups excluding carboxylic acids is 3. The molecule has 0 spiro atoms. The molecule has 2 aliphatic rings. The molecule has 2 aromatic heterocycles. The standard InChI is InChI=1S/C29H29F2N5O3/c1-29(2,3)19(12-25(37)24-11-18-20(31)8-15(30)9-23(18)32-24)27(38)35-13-17-10-16(35)14-36(17)28(39)26-33-21-6-4-5-7-22(21)34-26/h4-9,11,16-17,19,32H,10,12-14H2,1-3H3,(H,33,34)/t16-,17-,19+/m0/s1. The lowest BCUT2D eigenvalue weighted by Gasteiger charge is -2.38. The Labute approximate surface area is 223 Å². The van der Waals surface area contributed by atoms with E-state index in [4.69, 9.17) is 0 Å². The third-order valence-electron chi connectivity index (χ3n) is 8.06. The zero-order chi connectivity index (χ0) is 27.6. The van der Waals surface area contributed by atoms with Crippen LogP contribution in [0.15, 0.2) is 42.5 Å². The fourth-order valence-corrected chi connectivity index (χ4v) is 5.95. The maximum Gasteiger partial charge on any atom is 0.290 e. The largest absolute Gasteiger partial charge is 0.352 e. The highest BCUT2D eigenvalue weighted by atomic mass is 19.1.